The third-order valence-electron chi connectivity index (χ3n) is 3.10. The van der Waals surface area contributed by atoms with Crippen molar-refractivity contribution in [3.05, 3.63) is 0 Å². The summed E-state index contributed by atoms with van der Waals surface area (Å²) in [6.45, 7) is 8.85. The number of carbonyl (C=O) groups is 2. The third-order valence-corrected chi connectivity index (χ3v) is 3.10. The highest BCUT2D eigenvalue weighted by Gasteiger charge is 2.31. The highest BCUT2D eigenvalue weighted by atomic mass is 16.4. The predicted molar refractivity (Wildman–Crippen MR) is 66.8 cm³/mol. The van der Waals surface area contributed by atoms with Crippen LogP contribution in [0.2, 0.25) is 0 Å². The number of amides is 1. The fourth-order valence-electron chi connectivity index (χ4n) is 1.26. The average Bonchev–Trinajstić information content (AvgIpc) is 2.31. The molecule has 5 heteroatoms. The Balaban J connectivity index is 4.18. The minimum atomic E-state index is -0.881. The van der Waals surface area contributed by atoms with Gasteiger partial charge in [-0.1, -0.05) is 20.8 Å². The summed E-state index contributed by atoms with van der Waals surface area (Å²) in [6, 6.07) is 0. The summed E-state index contributed by atoms with van der Waals surface area (Å²) >= 11 is 0. The number of hydrogen-bond donors (Lipinski definition) is 3. The molecule has 100 valence electrons. The van der Waals surface area contributed by atoms with E-state index in [9.17, 15) is 9.59 Å². The lowest BCUT2D eigenvalue weighted by Gasteiger charge is -2.24. The molecule has 5 nitrogen and oxygen atoms in total. The molecule has 0 aromatic carbocycles. The van der Waals surface area contributed by atoms with Crippen LogP contribution in [-0.2, 0) is 9.59 Å². The van der Waals surface area contributed by atoms with E-state index in [2.05, 4.69) is 10.6 Å². The first-order chi connectivity index (χ1) is 7.87. The second-order valence-electron chi connectivity index (χ2n) is 4.65. The van der Waals surface area contributed by atoms with Gasteiger partial charge < -0.3 is 15.7 Å². The van der Waals surface area contributed by atoms with Crippen molar-refractivity contribution in [2.45, 2.75) is 34.1 Å². The Bertz CT molecular complexity index is 268. The molecule has 0 aromatic heterocycles. The number of carboxylic acids is 1. The summed E-state index contributed by atoms with van der Waals surface area (Å²) in [5, 5.41) is 14.9. The molecular weight excluding hydrogens is 220 g/mol. The van der Waals surface area contributed by atoms with Crippen LogP contribution in [0.5, 0.6) is 0 Å². The zero-order chi connectivity index (χ0) is 13.5. The van der Waals surface area contributed by atoms with Gasteiger partial charge in [0.05, 0.1) is 5.41 Å². The van der Waals surface area contributed by atoms with Crippen molar-refractivity contribution in [3.63, 3.8) is 0 Å². The molecule has 0 aliphatic heterocycles. The summed E-state index contributed by atoms with van der Waals surface area (Å²) < 4.78 is 0. The SMILES string of the molecule is CCNCC(C)C(=O)NCC(C)(CC)C(=O)O. The van der Waals surface area contributed by atoms with Crippen molar-refractivity contribution in [3.8, 4) is 0 Å². The van der Waals surface area contributed by atoms with E-state index in [1.165, 1.54) is 0 Å². The van der Waals surface area contributed by atoms with Crippen LogP contribution in [0.1, 0.15) is 34.1 Å². The van der Waals surface area contributed by atoms with Gasteiger partial charge in [0.2, 0.25) is 5.91 Å². The summed E-state index contributed by atoms with van der Waals surface area (Å²) in [7, 11) is 0. The quantitative estimate of drug-likeness (QED) is 0.591. The first-order valence-corrected chi connectivity index (χ1v) is 6.09. The molecule has 0 saturated heterocycles. The van der Waals surface area contributed by atoms with Crippen LogP contribution in [0.15, 0.2) is 0 Å². The minimum Gasteiger partial charge on any atom is -0.481 e. The van der Waals surface area contributed by atoms with Gasteiger partial charge in [0.1, 0.15) is 0 Å². The Kier molecular flexibility index (Phi) is 6.80. The molecule has 0 bridgehead atoms. The Morgan fingerprint density at radius 1 is 1.35 bits per heavy atom. The molecule has 1 amide bonds. The molecule has 0 heterocycles. The molecule has 3 N–H and O–H groups in total. The van der Waals surface area contributed by atoms with Gasteiger partial charge in [0, 0.05) is 19.0 Å². The van der Waals surface area contributed by atoms with E-state index < -0.39 is 11.4 Å². The lowest BCUT2D eigenvalue weighted by molar-refractivity contribution is -0.148. The van der Waals surface area contributed by atoms with Crippen molar-refractivity contribution < 1.29 is 14.7 Å². The first-order valence-electron chi connectivity index (χ1n) is 6.09. The molecule has 0 spiro atoms. The number of hydrogen-bond acceptors (Lipinski definition) is 3. The van der Waals surface area contributed by atoms with Crippen LogP contribution in [-0.4, -0.2) is 36.6 Å². The van der Waals surface area contributed by atoms with Crippen LogP contribution >= 0.6 is 0 Å². The lowest BCUT2D eigenvalue weighted by atomic mass is 9.87. The number of carbonyl (C=O) groups excluding carboxylic acids is 1. The zero-order valence-electron chi connectivity index (χ0n) is 11.2. The molecule has 0 aliphatic rings. The average molecular weight is 244 g/mol. The van der Waals surface area contributed by atoms with Gasteiger partial charge >= 0.3 is 5.97 Å². The van der Waals surface area contributed by atoms with Crippen LogP contribution in [0.4, 0.5) is 0 Å². The Hall–Kier alpha value is -1.10. The van der Waals surface area contributed by atoms with Crippen molar-refractivity contribution in [1.29, 1.82) is 0 Å². The number of aliphatic carboxylic acids is 1. The standard InChI is InChI=1S/C12H24N2O3/c1-5-12(4,11(16)17)8-14-10(15)9(3)7-13-6-2/h9,13H,5-8H2,1-4H3,(H,14,15)(H,16,17). The normalized spacial score (nSPS) is 16.0. The van der Waals surface area contributed by atoms with Crippen LogP contribution in [0, 0.1) is 11.3 Å². The molecule has 0 fully saturated rings. The largest absolute Gasteiger partial charge is 0.481 e. The van der Waals surface area contributed by atoms with Gasteiger partial charge in [0.15, 0.2) is 0 Å². The Labute approximate surface area is 103 Å². The number of nitrogens with one attached hydrogen (secondary N) is 2. The Morgan fingerprint density at radius 2 is 1.94 bits per heavy atom. The van der Waals surface area contributed by atoms with Gasteiger partial charge in [-0.25, -0.2) is 0 Å². The van der Waals surface area contributed by atoms with E-state index >= 15 is 0 Å². The first kappa shape index (κ1) is 15.9. The zero-order valence-corrected chi connectivity index (χ0v) is 11.2. The summed E-state index contributed by atoms with van der Waals surface area (Å²) in [6.07, 6.45) is 0.490. The molecule has 0 aliphatic carbocycles. The smallest absolute Gasteiger partial charge is 0.311 e. The van der Waals surface area contributed by atoms with E-state index in [0.29, 0.717) is 13.0 Å². The maximum atomic E-state index is 11.7. The monoisotopic (exact) mass is 244 g/mol. The molecule has 0 radical (unpaired) electrons. The van der Waals surface area contributed by atoms with Gasteiger partial charge in [-0.3, -0.25) is 9.59 Å². The third kappa shape index (κ3) is 5.17. The minimum absolute atomic E-state index is 0.105. The van der Waals surface area contributed by atoms with Gasteiger partial charge in [-0.2, -0.15) is 0 Å². The maximum Gasteiger partial charge on any atom is 0.311 e. The highest BCUT2D eigenvalue weighted by Crippen LogP contribution is 2.19. The van der Waals surface area contributed by atoms with E-state index in [0.717, 1.165) is 6.54 Å². The molecule has 2 unspecified atom stereocenters. The summed E-state index contributed by atoms with van der Waals surface area (Å²) in [5.74, 6) is -1.13. The van der Waals surface area contributed by atoms with E-state index in [4.69, 9.17) is 5.11 Å². The highest BCUT2D eigenvalue weighted by molar-refractivity contribution is 5.80. The topological polar surface area (TPSA) is 78.4 Å². The van der Waals surface area contributed by atoms with Gasteiger partial charge in [-0.15, -0.1) is 0 Å². The second-order valence-corrected chi connectivity index (χ2v) is 4.65. The van der Waals surface area contributed by atoms with E-state index in [-0.39, 0.29) is 18.4 Å². The van der Waals surface area contributed by atoms with Crippen molar-refractivity contribution >= 4 is 11.9 Å². The fraction of sp³-hybridized carbons (Fsp3) is 0.833. The summed E-state index contributed by atoms with van der Waals surface area (Å²) in [4.78, 5) is 22.7. The fourth-order valence-corrected chi connectivity index (χ4v) is 1.26. The van der Waals surface area contributed by atoms with Crippen molar-refractivity contribution in [2.75, 3.05) is 19.6 Å². The lowest BCUT2D eigenvalue weighted by Crippen LogP contribution is -2.43. The molecule has 0 rings (SSSR count). The molecular formula is C12H24N2O3. The van der Waals surface area contributed by atoms with Crippen LogP contribution in [0.25, 0.3) is 0 Å². The van der Waals surface area contributed by atoms with E-state index in [1.807, 2.05) is 20.8 Å². The number of carboxylic acid groups (broad SMARTS) is 1. The van der Waals surface area contributed by atoms with Crippen molar-refractivity contribution in [1.82, 2.24) is 10.6 Å². The van der Waals surface area contributed by atoms with Crippen molar-refractivity contribution in [2.24, 2.45) is 11.3 Å². The molecule has 17 heavy (non-hydrogen) atoms. The molecule has 0 aromatic rings. The summed E-state index contributed by atoms with van der Waals surface area (Å²) in [5.41, 5.74) is -0.881. The molecule has 0 saturated carbocycles. The van der Waals surface area contributed by atoms with E-state index in [1.54, 1.807) is 6.92 Å². The second kappa shape index (κ2) is 7.27. The van der Waals surface area contributed by atoms with Crippen LogP contribution < -0.4 is 10.6 Å². The Morgan fingerprint density at radius 3 is 2.35 bits per heavy atom. The van der Waals surface area contributed by atoms with Gasteiger partial charge in [0.25, 0.3) is 0 Å². The number of rotatable bonds is 8. The maximum absolute atomic E-state index is 11.7. The molecule has 2 atom stereocenters. The van der Waals surface area contributed by atoms with Crippen LogP contribution in [0.3, 0.4) is 0 Å². The van der Waals surface area contributed by atoms with Gasteiger partial charge in [-0.05, 0) is 19.9 Å². The predicted octanol–water partition coefficient (Wildman–Crippen LogP) is 0.849.